The summed E-state index contributed by atoms with van der Waals surface area (Å²) in [4.78, 5) is 5.01. The molecule has 8 heteroatoms. The van der Waals surface area contributed by atoms with Gasteiger partial charge in [0.25, 0.3) is 0 Å². The Morgan fingerprint density at radius 3 is 1.84 bits per heavy atom. The number of rotatable bonds is 7. The summed E-state index contributed by atoms with van der Waals surface area (Å²) in [7, 11) is 18.5. The van der Waals surface area contributed by atoms with Crippen LogP contribution in [-0.4, -0.2) is 55.5 Å². The van der Waals surface area contributed by atoms with E-state index in [1.165, 1.54) is 44.8 Å². The summed E-state index contributed by atoms with van der Waals surface area (Å²) in [5.74, 6) is 0.850. The van der Waals surface area contributed by atoms with Crippen molar-refractivity contribution >= 4 is 35.4 Å². The van der Waals surface area contributed by atoms with Gasteiger partial charge in [-0.25, -0.2) is 0 Å². The minimum Gasteiger partial charge on any atom is -1.00 e. The maximum absolute atomic E-state index is 5.82. The molecule has 240 valence electrons. The smallest absolute Gasteiger partial charge is 0.0979 e. The van der Waals surface area contributed by atoms with E-state index in [2.05, 4.69) is 103 Å². The number of quaternary nitrogens is 1. The Kier molecular flexibility index (Phi) is 14.1. The van der Waals surface area contributed by atoms with Gasteiger partial charge in [-0.05, 0) is 63.8 Å². The summed E-state index contributed by atoms with van der Waals surface area (Å²) in [6.45, 7) is 21.8. The molecular weight excluding hydrogens is 686 g/mol. The monoisotopic (exact) mass is 734 g/mol. The first-order chi connectivity index (χ1) is 19.6. The van der Waals surface area contributed by atoms with Crippen molar-refractivity contribution in [2.24, 2.45) is 0 Å². The molecule has 43 heavy (non-hydrogen) atoms. The molecule has 0 aromatic heterocycles. The average molecular weight is 735 g/mol. The fourth-order valence-corrected chi connectivity index (χ4v) is 7.79. The van der Waals surface area contributed by atoms with Gasteiger partial charge in [-0.3, -0.25) is 0 Å². The predicted molar refractivity (Wildman–Crippen MR) is 181 cm³/mol. The van der Waals surface area contributed by atoms with Crippen molar-refractivity contribution in [1.29, 1.82) is 0 Å². The van der Waals surface area contributed by atoms with E-state index in [4.69, 9.17) is 24.1 Å². The number of nitrogens with zero attached hydrogens (tertiary/aromatic N) is 3. The Morgan fingerprint density at radius 2 is 1.37 bits per heavy atom. The van der Waals surface area contributed by atoms with E-state index in [9.17, 15) is 0 Å². The number of benzene rings is 3. The summed E-state index contributed by atoms with van der Waals surface area (Å²) in [5.41, 5.74) is 11.8. The fourth-order valence-electron chi connectivity index (χ4n) is 5.99. The summed E-state index contributed by atoms with van der Waals surface area (Å²) in [6, 6.07) is 17.4. The van der Waals surface area contributed by atoms with Gasteiger partial charge in [-0.1, -0.05) is 35.4 Å². The van der Waals surface area contributed by atoms with Crippen molar-refractivity contribution in [2.45, 2.75) is 67.5 Å². The van der Waals surface area contributed by atoms with Crippen LogP contribution in [0.2, 0.25) is 0 Å². The van der Waals surface area contributed by atoms with Gasteiger partial charge in [0.1, 0.15) is 0 Å². The number of aryl methyl sites for hydroxylation is 6. The number of likely N-dealkylation sites (N-methyl/N-ethyl adjacent to an activating group) is 1. The van der Waals surface area contributed by atoms with Gasteiger partial charge in [-0.15, -0.1) is 0 Å². The second-order valence-electron chi connectivity index (χ2n) is 12.8. The van der Waals surface area contributed by atoms with Crippen molar-refractivity contribution in [3.05, 3.63) is 94.1 Å². The fraction of sp³-hybridized carbons (Fsp3) is 0.429. The molecule has 0 amide bonds. The standard InChI is InChI=1S/C25H37N3.C10H12O.3ClH.Ru/c1-17-10-19(3)24(20(4)11-17)26-14-23(15-28(7,8)9)27(16-26)25-21(5)12-18(2)13-22(25)6;1-8(2)11-10-7-5-4-6-9(10)3;;;;/h10-13,16,23H,14-15H2,1-9H3;3-8H,1-2H3;3*1H;/q;;;;;+2/p-3. The molecule has 3 aromatic rings. The predicted octanol–water partition coefficient (Wildman–Crippen LogP) is 5.61. The van der Waals surface area contributed by atoms with E-state index in [0.29, 0.717) is 6.04 Å². The zero-order valence-electron chi connectivity index (χ0n) is 27.6. The van der Waals surface area contributed by atoms with E-state index in [0.717, 1.165) is 28.9 Å². The van der Waals surface area contributed by atoms with Gasteiger partial charge >= 0.3 is 97.8 Å². The molecule has 1 saturated heterocycles. The Hall–Kier alpha value is -1.62. The molecule has 0 spiro atoms. The van der Waals surface area contributed by atoms with Gasteiger partial charge in [0, 0.05) is 17.9 Å². The molecule has 0 saturated carbocycles. The van der Waals surface area contributed by atoms with Crippen LogP contribution < -0.4 is 26.9 Å². The van der Waals surface area contributed by atoms with Crippen LogP contribution in [0.5, 0.6) is 5.75 Å². The molecule has 0 bridgehead atoms. The van der Waals surface area contributed by atoms with Crippen molar-refractivity contribution < 1.29 is 35.1 Å². The first kappa shape index (κ1) is 37.6. The molecule has 4 rings (SSSR count). The number of para-hydroxylation sites is 1. The van der Waals surface area contributed by atoms with Gasteiger partial charge in [0.05, 0.1) is 33.7 Å². The molecule has 0 aliphatic carbocycles. The van der Waals surface area contributed by atoms with Crippen LogP contribution in [0.25, 0.3) is 0 Å². The molecule has 1 fully saturated rings. The van der Waals surface area contributed by atoms with Crippen molar-refractivity contribution in [1.82, 2.24) is 0 Å². The SMILES string of the molecule is CC(C)Oc1ccccc1[CH]=[Ru]([Cl])[Cl].Cc1cc(C)c(N2[CH-]N(c3c(C)cc(C)cc3C)C(C[N+](C)(C)C)C2)c(C)c1.[Cl-]. The molecule has 0 N–H and O–H groups in total. The van der Waals surface area contributed by atoms with Crippen LogP contribution in [0.15, 0.2) is 48.5 Å². The van der Waals surface area contributed by atoms with Crippen LogP contribution in [0.1, 0.15) is 52.8 Å². The average Bonchev–Trinajstić information content (AvgIpc) is 3.19. The maximum Gasteiger partial charge on any atom is 0.0979 e. The number of ether oxygens (including phenoxy) is 1. The molecule has 0 radical (unpaired) electrons. The molecule has 4 nitrogen and oxygen atoms in total. The topological polar surface area (TPSA) is 15.7 Å². The number of anilines is 2. The largest absolute Gasteiger partial charge is 1.00 e. The molecule has 1 heterocycles. The number of hydrogen-bond donors (Lipinski definition) is 0. The van der Waals surface area contributed by atoms with Crippen molar-refractivity contribution in [3.8, 4) is 5.75 Å². The first-order valence-corrected chi connectivity index (χ1v) is 20.0. The van der Waals surface area contributed by atoms with Crippen molar-refractivity contribution in [2.75, 3.05) is 44.0 Å². The Labute approximate surface area is 280 Å². The number of halogens is 3. The van der Waals surface area contributed by atoms with Gasteiger partial charge in [0.2, 0.25) is 0 Å². The second-order valence-corrected chi connectivity index (χ2v) is 18.5. The molecule has 3 aromatic carbocycles. The summed E-state index contributed by atoms with van der Waals surface area (Å²) in [5, 5.41) is 0. The molecular formula is C35H49Cl3N3ORu-. The normalized spacial score (nSPS) is 15.1. The van der Waals surface area contributed by atoms with Crippen molar-refractivity contribution in [3.63, 3.8) is 0 Å². The summed E-state index contributed by atoms with van der Waals surface area (Å²) >= 11 is -1.77. The third-order valence-electron chi connectivity index (χ3n) is 7.11. The zero-order valence-corrected chi connectivity index (χ0v) is 31.6. The van der Waals surface area contributed by atoms with Gasteiger partial charge in [-0.2, -0.15) is 6.67 Å². The molecule has 1 unspecified atom stereocenters. The Morgan fingerprint density at radius 1 is 0.884 bits per heavy atom. The zero-order chi connectivity index (χ0) is 31.4. The van der Waals surface area contributed by atoms with Crippen LogP contribution in [0, 0.1) is 48.2 Å². The van der Waals surface area contributed by atoms with E-state index in [1.807, 2.05) is 42.7 Å². The van der Waals surface area contributed by atoms with Crippen LogP contribution in [0.4, 0.5) is 11.4 Å². The Balaban J connectivity index is 0.000000364. The minimum atomic E-state index is -1.77. The minimum absolute atomic E-state index is 0. The first-order valence-electron chi connectivity index (χ1n) is 14.5. The van der Waals surface area contributed by atoms with Crippen LogP contribution in [-0.2, 0) is 13.5 Å². The van der Waals surface area contributed by atoms with Crippen LogP contribution in [0.3, 0.4) is 0 Å². The molecule has 1 aliphatic rings. The molecule has 1 atom stereocenters. The second kappa shape index (κ2) is 16.1. The third kappa shape index (κ3) is 10.8. The van der Waals surface area contributed by atoms with Gasteiger partial charge < -0.3 is 26.7 Å². The van der Waals surface area contributed by atoms with Gasteiger partial charge in [0.15, 0.2) is 0 Å². The maximum atomic E-state index is 5.82. The summed E-state index contributed by atoms with van der Waals surface area (Å²) < 4.78 is 8.47. The quantitative estimate of drug-likeness (QED) is 0.179. The number of hydrogen-bond acceptors (Lipinski definition) is 3. The van der Waals surface area contributed by atoms with Crippen LogP contribution >= 0.6 is 19.4 Å². The van der Waals surface area contributed by atoms with E-state index < -0.39 is 13.5 Å². The van der Waals surface area contributed by atoms with E-state index in [1.54, 1.807) is 0 Å². The Bertz CT molecular complexity index is 1370. The van der Waals surface area contributed by atoms with E-state index in [-0.39, 0.29) is 18.5 Å². The molecule has 1 aliphatic heterocycles. The van der Waals surface area contributed by atoms with E-state index >= 15 is 0 Å². The third-order valence-corrected chi connectivity index (χ3v) is 8.94. The summed E-state index contributed by atoms with van der Waals surface area (Å²) in [6.07, 6.45) is 0.163.